The molecule has 0 spiro atoms. The molecule has 1 aliphatic carbocycles. The molecule has 4 atom stereocenters. The summed E-state index contributed by atoms with van der Waals surface area (Å²) in [6.07, 6.45) is 3.67. The monoisotopic (exact) mass is 763 g/mol. The van der Waals surface area contributed by atoms with Crippen molar-refractivity contribution in [2.24, 2.45) is 5.92 Å². The van der Waals surface area contributed by atoms with Crippen molar-refractivity contribution in [3.8, 4) is 0 Å². The van der Waals surface area contributed by atoms with E-state index in [4.69, 9.17) is 32.1 Å². The number of aliphatic hydroxyl groups is 1. The second-order valence-corrected chi connectivity index (χ2v) is 28.3. The fraction of sp³-hybridized carbons (Fsp3) is 0.595. The van der Waals surface area contributed by atoms with Gasteiger partial charge in [0.2, 0.25) is 14.1 Å². The lowest BCUT2D eigenvalue weighted by Gasteiger charge is -2.45. The average Bonchev–Trinajstić information content (AvgIpc) is 3.59. The summed E-state index contributed by atoms with van der Waals surface area (Å²) in [4.78, 5) is 23.1. The van der Waals surface area contributed by atoms with Crippen molar-refractivity contribution in [2.75, 3.05) is 11.9 Å². The molecular formula is C37H55Cl2N3O4SSi2. The first-order valence-electron chi connectivity index (χ1n) is 17.4. The molecule has 0 radical (unpaired) electrons. The number of hydrogen-bond donors (Lipinski definition) is 2. The minimum Gasteiger partial charge on any atom is -0.416 e. The molecule has 2 N–H and O–H groups in total. The van der Waals surface area contributed by atoms with Gasteiger partial charge in [-0.05, 0) is 71.4 Å². The number of benzene rings is 1. The molecule has 3 aromatic rings. The largest absolute Gasteiger partial charge is 0.416 e. The van der Waals surface area contributed by atoms with Gasteiger partial charge >= 0.3 is 0 Å². The SMILES string of the molecule is CC(C)[Si](O[C@H]1C[C@H](Nc2ncncc2C(=O)c2cc([C@@H](O)c3cccc(Cl)c3)c(Cl)s2)C[C@@H]1CO[Si](C)(C)C(C)(C)C)(C(C)C)C(C)C. The van der Waals surface area contributed by atoms with Crippen LogP contribution >= 0.6 is 34.5 Å². The number of halogens is 2. The molecule has 0 amide bonds. The highest BCUT2D eigenvalue weighted by atomic mass is 35.5. The van der Waals surface area contributed by atoms with E-state index in [0.29, 0.717) is 60.0 Å². The van der Waals surface area contributed by atoms with Crippen LogP contribution in [-0.2, 0) is 8.85 Å². The molecule has 0 saturated heterocycles. The molecule has 2 aromatic heterocycles. The summed E-state index contributed by atoms with van der Waals surface area (Å²) in [5.74, 6) is 0.438. The Balaban J connectivity index is 1.60. The Morgan fingerprint density at radius 3 is 2.31 bits per heavy atom. The number of aromatic nitrogens is 2. The smallest absolute Gasteiger partial charge is 0.208 e. The topological polar surface area (TPSA) is 93.6 Å². The highest BCUT2D eigenvalue weighted by molar-refractivity contribution is 7.18. The van der Waals surface area contributed by atoms with Gasteiger partial charge in [-0.3, -0.25) is 4.79 Å². The zero-order chi connectivity index (χ0) is 36.5. The Labute approximate surface area is 309 Å². The van der Waals surface area contributed by atoms with E-state index in [2.05, 4.69) is 90.7 Å². The van der Waals surface area contributed by atoms with Gasteiger partial charge in [-0.15, -0.1) is 11.3 Å². The van der Waals surface area contributed by atoms with Crippen molar-refractivity contribution in [3.05, 3.63) is 73.8 Å². The summed E-state index contributed by atoms with van der Waals surface area (Å²) in [6, 6.07) is 8.66. The molecular weight excluding hydrogens is 710 g/mol. The van der Waals surface area contributed by atoms with Crippen LogP contribution in [0.3, 0.4) is 0 Å². The van der Waals surface area contributed by atoms with Crippen LogP contribution in [0.5, 0.6) is 0 Å². The minimum atomic E-state index is -2.17. The highest BCUT2D eigenvalue weighted by Crippen LogP contribution is 2.47. The van der Waals surface area contributed by atoms with Crippen LogP contribution in [0.2, 0.25) is 44.1 Å². The van der Waals surface area contributed by atoms with E-state index in [9.17, 15) is 9.90 Å². The third kappa shape index (κ3) is 8.88. The van der Waals surface area contributed by atoms with Gasteiger partial charge in [-0.2, -0.15) is 0 Å². The van der Waals surface area contributed by atoms with Gasteiger partial charge in [0.25, 0.3) is 0 Å². The van der Waals surface area contributed by atoms with E-state index in [1.165, 1.54) is 6.33 Å². The Morgan fingerprint density at radius 2 is 1.71 bits per heavy atom. The summed E-state index contributed by atoms with van der Waals surface area (Å²) in [6.45, 7) is 26.0. The lowest BCUT2D eigenvalue weighted by Crippen LogP contribution is -2.51. The van der Waals surface area contributed by atoms with Gasteiger partial charge in [0.05, 0.1) is 20.9 Å². The van der Waals surface area contributed by atoms with Crippen molar-refractivity contribution < 1.29 is 18.8 Å². The minimum absolute atomic E-state index is 0.0322. The zero-order valence-electron chi connectivity index (χ0n) is 30.9. The fourth-order valence-corrected chi connectivity index (χ4v) is 15.4. The number of thiophene rings is 1. The standard InChI is InChI=1S/C37H55Cl2N3O4SSi2/c1-22(2)49(23(3)4,24(5)6)46-31-17-28(16-26(31)20-45-48(10,11)37(7,8)9)42-36-30(19-40-21-41-36)34(44)32-18-29(35(39)47-32)33(43)25-13-12-14-27(38)15-25/h12-15,18-19,21-24,26,28,31,33,43H,16-17,20H2,1-11H3,(H,40,41,42)/t26-,28-,31+,33+/m1/s1. The summed E-state index contributed by atoms with van der Waals surface area (Å²) < 4.78 is 14.6. The summed E-state index contributed by atoms with van der Waals surface area (Å²) in [5, 5.41) is 15.3. The quantitative estimate of drug-likeness (QED) is 0.125. The molecule has 1 fully saturated rings. The Bertz CT molecular complexity index is 1570. The Morgan fingerprint density at radius 1 is 1.06 bits per heavy atom. The lowest BCUT2D eigenvalue weighted by molar-refractivity contribution is 0.0971. The number of anilines is 1. The predicted molar refractivity (Wildman–Crippen MR) is 210 cm³/mol. The first-order chi connectivity index (χ1) is 22.8. The highest BCUT2D eigenvalue weighted by Gasteiger charge is 2.50. The number of rotatable bonds is 14. The first kappa shape index (κ1) is 40.1. The molecule has 1 aliphatic rings. The zero-order valence-corrected chi connectivity index (χ0v) is 35.3. The predicted octanol–water partition coefficient (Wildman–Crippen LogP) is 10.9. The van der Waals surface area contributed by atoms with Gasteiger partial charge in [0.15, 0.2) is 8.32 Å². The van der Waals surface area contributed by atoms with E-state index in [0.717, 1.165) is 24.2 Å². The molecule has 1 saturated carbocycles. The molecule has 0 bridgehead atoms. The molecule has 4 rings (SSSR count). The molecule has 2 heterocycles. The van der Waals surface area contributed by atoms with Crippen LogP contribution in [-0.4, -0.2) is 56.2 Å². The molecule has 0 unspecified atom stereocenters. The van der Waals surface area contributed by atoms with Crippen LogP contribution in [0.15, 0.2) is 42.9 Å². The van der Waals surface area contributed by atoms with Crippen molar-refractivity contribution in [3.63, 3.8) is 0 Å². The maximum atomic E-state index is 14.0. The average molecular weight is 765 g/mol. The number of carbonyl (C=O) groups is 1. The molecule has 12 heteroatoms. The van der Waals surface area contributed by atoms with Crippen molar-refractivity contribution in [2.45, 2.75) is 128 Å². The Hall–Kier alpha value is -1.64. The third-order valence-electron chi connectivity index (χ3n) is 10.9. The van der Waals surface area contributed by atoms with Crippen molar-refractivity contribution in [1.82, 2.24) is 9.97 Å². The van der Waals surface area contributed by atoms with Crippen molar-refractivity contribution in [1.29, 1.82) is 0 Å². The third-order valence-corrected chi connectivity index (χ3v) is 23.1. The number of ketones is 1. The summed E-state index contributed by atoms with van der Waals surface area (Å²) >= 11 is 13.9. The van der Waals surface area contributed by atoms with Gasteiger partial charge < -0.3 is 19.3 Å². The number of carbonyl (C=O) groups excluding carboxylic acids is 1. The summed E-state index contributed by atoms with van der Waals surface area (Å²) in [7, 11) is -4.15. The lowest BCUT2D eigenvalue weighted by atomic mass is 10.0. The first-order valence-corrected chi connectivity index (χ1v) is 24.1. The summed E-state index contributed by atoms with van der Waals surface area (Å²) in [5.41, 5.74) is 2.81. The normalized spacial score (nSPS) is 19.7. The molecule has 49 heavy (non-hydrogen) atoms. The van der Waals surface area contributed by atoms with E-state index in [1.54, 1.807) is 36.5 Å². The van der Waals surface area contributed by atoms with Crippen LogP contribution in [0.1, 0.15) is 108 Å². The van der Waals surface area contributed by atoms with Gasteiger partial charge in [0.1, 0.15) is 18.2 Å². The fourth-order valence-electron chi connectivity index (χ4n) is 7.20. The van der Waals surface area contributed by atoms with Crippen molar-refractivity contribution >= 4 is 62.8 Å². The van der Waals surface area contributed by atoms with Crippen LogP contribution in [0.4, 0.5) is 5.82 Å². The maximum absolute atomic E-state index is 14.0. The molecule has 270 valence electrons. The van der Waals surface area contributed by atoms with Gasteiger partial charge in [-0.25, -0.2) is 9.97 Å². The van der Waals surface area contributed by atoms with E-state index >= 15 is 0 Å². The van der Waals surface area contributed by atoms with E-state index in [-0.39, 0.29) is 28.9 Å². The van der Waals surface area contributed by atoms with Gasteiger partial charge in [0, 0.05) is 35.3 Å². The number of nitrogens with zero attached hydrogens (tertiary/aromatic N) is 2. The molecule has 0 aliphatic heterocycles. The van der Waals surface area contributed by atoms with Crippen LogP contribution < -0.4 is 5.32 Å². The van der Waals surface area contributed by atoms with Crippen LogP contribution in [0, 0.1) is 5.92 Å². The number of hydrogen-bond acceptors (Lipinski definition) is 8. The van der Waals surface area contributed by atoms with Gasteiger partial charge in [-0.1, -0.05) is 97.6 Å². The van der Waals surface area contributed by atoms with E-state index in [1.807, 2.05) is 0 Å². The Kier molecular flexibility index (Phi) is 13.1. The number of nitrogens with one attached hydrogen (secondary N) is 1. The van der Waals surface area contributed by atoms with Crippen LogP contribution in [0.25, 0.3) is 0 Å². The maximum Gasteiger partial charge on any atom is 0.208 e. The number of aliphatic hydroxyl groups excluding tert-OH is 1. The second-order valence-electron chi connectivity index (χ2n) is 16.0. The van der Waals surface area contributed by atoms with E-state index < -0.39 is 22.7 Å². The second kappa shape index (κ2) is 15.9. The molecule has 1 aromatic carbocycles. The molecule has 7 nitrogen and oxygen atoms in total.